The van der Waals surface area contributed by atoms with Gasteiger partial charge in [-0.3, -0.25) is 4.98 Å². The summed E-state index contributed by atoms with van der Waals surface area (Å²) in [5.74, 6) is 0.645. The van der Waals surface area contributed by atoms with Gasteiger partial charge in [-0.05, 0) is 36.4 Å². The Balaban J connectivity index is 1.57. The second kappa shape index (κ2) is 8.09. The monoisotopic (exact) mass is 391 g/mol. The maximum absolute atomic E-state index is 12.5. The van der Waals surface area contributed by atoms with Crippen LogP contribution in [0.4, 0.5) is 5.69 Å². The Hall–Kier alpha value is -1.74. The van der Waals surface area contributed by atoms with Crippen molar-refractivity contribution < 1.29 is 8.42 Å². The van der Waals surface area contributed by atoms with Crippen molar-refractivity contribution in [3.05, 3.63) is 60.8 Å². The number of fused-ring (bicyclic) bond motifs is 1. The zero-order valence-electron chi connectivity index (χ0n) is 13.3. The van der Waals surface area contributed by atoms with Crippen molar-refractivity contribution in [1.82, 2.24) is 9.71 Å². The molecule has 0 aliphatic rings. The van der Waals surface area contributed by atoms with E-state index in [4.69, 9.17) is 5.73 Å². The van der Waals surface area contributed by atoms with Crippen LogP contribution in [0.25, 0.3) is 10.9 Å². The van der Waals surface area contributed by atoms with Crippen LogP contribution in [0.5, 0.6) is 0 Å². The first-order valence-corrected chi connectivity index (χ1v) is 11.3. The second-order valence-corrected chi connectivity index (χ2v) is 9.43. The maximum atomic E-state index is 12.5. The van der Waals surface area contributed by atoms with Crippen LogP contribution in [-0.4, -0.2) is 25.7 Å². The van der Waals surface area contributed by atoms with Crippen LogP contribution in [0.2, 0.25) is 0 Å². The number of sulfonamides is 1. The molecule has 0 atom stereocenters. The van der Waals surface area contributed by atoms with E-state index in [1.54, 1.807) is 46.0 Å². The summed E-state index contributed by atoms with van der Waals surface area (Å²) < 4.78 is 27.7. The lowest BCUT2D eigenvalue weighted by Crippen LogP contribution is -2.26. The third-order valence-electron chi connectivity index (χ3n) is 3.40. The number of pyridine rings is 1. The lowest BCUT2D eigenvalue weighted by Gasteiger charge is -2.08. The molecule has 0 bridgehead atoms. The standard InChI is InChI=1S/C17H17N3O2S3/c18-14-6-8-15(9-7-14)24-23-12-11-20-25(21,22)16-5-1-3-13-4-2-10-19-17(13)16/h1-10,20H,11-12,18H2. The predicted molar refractivity (Wildman–Crippen MR) is 106 cm³/mol. The lowest BCUT2D eigenvalue weighted by molar-refractivity contribution is 0.585. The Morgan fingerprint density at radius 2 is 1.80 bits per heavy atom. The number of hydrogen-bond acceptors (Lipinski definition) is 6. The zero-order valence-corrected chi connectivity index (χ0v) is 15.7. The maximum Gasteiger partial charge on any atom is 0.242 e. The van der Waals surface area contributed by atoms with Gasteiger partial charge in [-0.15, -0.1) is 0 Å². The van der Waals surface area contributed by atoms with E-state index < -0.39 is 10.0 Å². The average molecular weight is 392 g/mol. The fraction of sp³-hybridized carbons (Fsp3) is 0.118. The average Bonchev–Trinajstić information content (AvgIpc) is 2.62. The number of para-hydroxylation sites is 1. The van der Waals surface area contributed by atoms with Gasteiger partial charge in [-0.25, -0.2) is 13.1 Å². The molecule has 3 rings (SSSR count). The van der Waals surface area contributed by atoms with Crippen molar-refractivity contribution in [2.24, 2.45) is 0 Å². The fourth-order valence-corrected chi connectivity index (χ4v) is 5.45. The van der Waals surface area contributed by atoms with Gasteiger partial charge in [0.1, 0.15) is 4.90 Å². The van der Waals surface area contributed by atoms with Crippen molar-refractivity contribution >= 4 is 48.2 Å². The van der Waals surface area contributed by atoms with E-state index in [0.29, 0.717) is 17.8 Å². The minimum Gasteiger partial charge on any atom is -0.399 e. The Morgan fingerprint density at radius 3 is 2.60 bits per heavy atom. The summed E-state index contributed by atoms with van der Waals surface area (Å²) in [6.45, 7) is 0.345. The molecule has 5 nitrogen and oxygen atoms in total. The van der Waals surface area contributed by atoms with Crippen molar-refractivity contribution in [2.75, 3.05) is 18.0 Å². The van der Waals surface area contributed by atoms with Gasteiger partial charge in [0.15, 0.2) is 0 Å². The van der Waals surface area contributed by atoms with E-state index in [1.165, 1.54) is 0 Å². The molecule has 8 heteroatoms. The normalized spacial score (nSPS) is 11.7. The minimum absolute atomic E-state index is 0.210. The van der Waals surface area contributed by atoms with Gasteiger partial charge < -0.3 is 5.73 Å². The van der Waals surface area contributed by atoms with Crippen LogP contribution in [0.15, 0.2) is 70.6 Å². The summed E-state index contributed by atoms with van der Waals surface area (Å²) >= 11 is 0. The van der Waals surface area contributed by atoms with Gasteiger partial charge in [-0.2, -0.15) is 0 Å². The second-order valence-electron chi connectivity index (χ2n) is 5.20. The summed E-state index contributed by atoms with van der Waals surface area (Å²) in [7, 11) is -0.412. The third-order valence-corrected chi connectivity index (χ3v) is 7.27. The number of benzene rings is 2. The number of aromatic nitrogens is 1. The molecule has 0 amide bonds. The summed E-state index contributed by atoms with van der Waals surface area (Å²) in [6.07, 6.45) is 1.60. The van der Waals surface area contributed by atoms with Crippen LogP contribution in [-0.2, 0) is 10.0 Å². The molecule has 25 heavy (non-hydrogen) atoms. The Labute approximate surface area is 154 Å². The van der Waals surface area contributed by atoms with E-state index in [-0.39, 0.29) is 4.90 Å². The van der Waals surface area contributed by atoms with Crippen LogP contribution < -0.4 is 10.5 Å². The van der Waals surface area contributed by atoms with E-state index in [9.17, 15) is 8.42 Å². The van der Waals surface area contributed by atoms with Crippen LogP contribution in [0, 0.1) is 0 Å². The first kappa shape index (κ1) is 18.1. The molecule has 0 spiro atoms. The van der Waals surface area contributed by atoms with E-state index >= 15 is 0 Å². The van der Waals surface area contributed by atoms with Gasteiger partial charge >= 0.3 is 0 Å². The number of nitrogens with two attached hydrogens (primary N) is 1. The molecule has 1 heterocycles. The molecular formula is C17H17N3O2S3. The molecule has 0 saturated carbocycles. The van der Waals surface area contributed by atoms with Gasteiger partial charge in [0.2, 0.25) is 10.0 Å². The summed E-state index contributed by atoms with van der Waals surface area (Å²) in [6, 6.07) is 16.4. The number of rotatable bonds is 7. The number of nitrogens with one attached hydrogen (secondary N) is 1. The highest BCUT2D eigenvalue weighted by molar-refractivity contribution is 8.76. The molecule has 3 aromatic rings. The molecule has 0 saturated heterocycles. The third kappa shape index (κ3) is 4.66. The Morgan fingerprint density at radius 1 is 1.04 bits per heavy atom. The van der Waals surface area contributed by atoms with E-state index in [1.807, 2.05) is 36.4 Å². The summed E-state index contributed by atoms with van der Waals surface area (Å²) in [5.41, 5.74) is 6.86. The largest absolute Gasteiger partial charge is 0.399 e. The van der Waals surface area contributed by atoms with Crippen LogP contribution >= 0.6 is 21.6 Å². The minimum atomic E-state index is -3.59. The summed E-state index contributed by atoms with van der Waals surface area (Å²) in [5, 5.41) is 0.804. The zero-order chi connectivity index (χ0) is 17.7. The highest BCUT2D eigenvalue weighted by atomic mass is 33.1. The number of hydrogen-bond donors (Lipinski definition) is 2. The molecule has 1 aromatic heterocycles. The molecule has 0 fully saturated rings. The van der Waals surface area contributed by atoms with E-state index in [0.717, 1.165) is 16.0 Å². The predicted octanol–water partition coefficient (Wildman–Crippen LogP) is 3.54. The number of anilines is 1. The highest BCUT2D eigenvalue weighted by Crippen LogP contribution is 2.31. The number of nitrogens with zero attached hydrogens (tertiary/aromatic N) is 1. The van der Waals surface area contributed by atoms with Crippen molar-refractivity contribution in [3.8, 4) is 0 Å². The smallest absolute Gasteiger partial charge is 0.242 e. The highest BCUT2D eigenvalue weighted by Gasteiger charge is 2.17. The van der Waals surface area contributed by atoms with Crippen molar-refractivity contribution in [1.29, 1.82) is 0 Å². The van der Waals surface area contributed by atoms with Gasteiger partial charge in [0.25, 0.3) is 0 Å². The van der Waals surface area contributed by atoms with Gasteiger partial charge in [0.05, 0.1) is 5.52 Å². The molecular weight excluding hydrogens is 374 g/mol. The van der Waals surface area contributed by atoms with Crippen LogP contribution in [0.1, 0.15) is 0 Å². The Kier molecular flexibility index (Phi) is 5.85. The SMILES string of the molecule is Nc1ccc(SSCCNS(=O)(=O)c2cccc3cccnc23)cc1. The van der Waals surface area contributed by atoms with Crippen molar-refractivity contribution in [2.45, 2.75) is 9.79 Å². The Bertz CT molecular complexity index is 955. The van der Waals surface area contributed by atoms with E-state index in [2.05, 4.69) is 9.71 Å². The lowest BCUT2D eigenvalue weighted by atomic mass is 10.2. The molecule has 0 aliphatic carbocycles. The van der Waals surface area contributed by atoms with Gasteiger partial charge in [0, 0.05) is 34.5 Å². The first-order chi connectivity index (χ1) is 12.1. The molecule has 3 N–H and O–H groups in total. The molecule has 2 aromatic carbocycles. The topological polar surface area (TPSA) is 85.1 Å². The quantitative estimate of drug-likeness (QED) is 0.364. The molecule has 0 unspecified atom stereocenters. The molecule has 0 radical (unpaired) electrons. The van der Waals surface area contributed by atoms with Crippen molar-refractivity contribution in [3.63, 3.8) is 0 Å². The summed E-state index contributed by atoms with van der Waals surface area (Å²) in [4.78, 5) is 5.49. The molecule has 130 valence electrons. The first-order valence-electron chi connectivity index (χ1n) is 7.55. The molecule has 0 aliphatic heterocycles. The fourth-order valence-electron chi connectivity index (χ4n) is 2.22. The van der Waals surface area contributed by atoms with Gasteiger partial charge in [-0.1, -0.05) is 39.8 Å². The van der Waals surface area contributed by atoms with Crippen LogP contribution in [0.3, 0.4) is 0 Å². The number of nitrogen functional groups attached to an aromatic ring is 1.